The maximum Gasteiger partial charge on any atom is 0.128 e. The molecule has 0 fully saturated rings. The van der Waals surface area contributed by atoms with Gasteiger partial charge in [0.1, 0.15) is 5.82 Å². The summed E-state index contributed by atoms with van der Waals surface area (Å²) in [5.41, 5.74) is 2.00. The topological polar surface area (TPSA) is 49.3 Å². The van der Waals surface area contributed by atoms with Crippen molar-refractivity contribution < 1.29 is 5.11 Å². The second kappa shape index (κ2) is 5.60. The third-order valence-electron chi connectivity index (χ3n) is 2.79. The summed E-state index contributed by atoms with van der Waals surface area (Å²) in [6, 6.07) is 7.68. The zero-order chi connectivity index (χ0) is 13.0. The van der Waals surface area contributed by atoms with Crippen molar-refractivity contribution in [3.63, 3.8) is 0 Å². The Hall–Kier alpha value is -1.94. The normalized spacial score (nSPS) is 12.2. The first-order chi connectivity index (χ1) is 8.66. The lowest BCUT2D eigenvalue weighted by atomic mass is 10.1. The van der Waals surface area contributed by atoms with E-state index in [2.05, 4.69) is 9.97 Å². The van der Waals surface area contributed by atoms with Crippen LogP contribution in [0.4, 0.5) is 5.82 Å². The van der Waals surface area contributed by atoms with Crippen molar-refractivity contribution in [2.75, 3.05) is 11.9 Å². The number of nitrogens with zero attached hydrogens (tertiary/aromatic N) is 3. The highest BCUT2D eigenvalue weighted by Gasteiger charge is 2.07. The van der Waals surface area contributed by atoms with Crippen molar-refractivity contribution in [2.45, 2.75) is 19.6 Å². The van der Waals surface area contributed by atoms with Crippen LogP contribution in [-0.4, -0.2) is 22.1 Å². The molecule has 0 aliphatic carbocycles. The molecule has 0 aliphatic rings. The fraction of sp³-hybridized carbons (Fsp3) is 0.286. The summed E-state index contributed by atoms with van der Waals surface area (Å²) in [7, 11) is 1.97. The van der Waals surface area contributed by atoms with Crippen LogP contribution in [-0.2, 0) is 6.54 Å². The van der Waals surface area contributed by atoms with Gasteiger partial charge in [0, 0.05) is 32.2 Å². The Morgan fingerprint density at radius 1 is 1.33 bits per heavy atom. The molecule has 0 spiro atoms. The van der Waals surface area contributed by atoms with Crippen molar-refractivity contribution in [3.05, 3.63) is 54.0 Å². The zero-order valence-corrected chi connectivity index (χ0v) is 10.6. The molecule has 2 aromatic heterocycles. The van der Waals surface area contributed by atoms with Crippen molar-refractivity contribution >= 4 is 5.82 Å². The number of pyridine rings is 2. The van der Waals surface area contributed by atoms with Crippen LogP contribution in [0.5, 0.6) is 0 Å². The van der Waals surface area contributed by atoms with Gasteiger partial charge in [-0.25, -0.2) is 4.98 Å². The molecule has 4 heteroatoms. The molecule has 18 heavy (non-hydrogen) atoms. The molecule has 1 unspecified atom stereocenters. The fourth-order valence-electron chi connectivity index (χ4n) is 1.75. The van der Waals surface area contributed by atoms with Crippen LogP contribution in [0, 0.1) is 0 Å². The minimum absolute atomic E-state index is 0.474. The maximum absolute atomic E-state index is 9.56. The number of anilines is 1. The monoisotopic (exact) mass is 243 g/mol. The molecule has 0 bridgehead atoms. The maximum atomic E-state index is 9.56. The van der Waals surface area contributed by atoms with Gasteiger partial charge >= 0.3 is 0 Å². The molecule has 1 atom stereocenters. The van der Waals surface area contributed by atoms with Crippen LogP contribution in [0.3, 0.4) is 0 Å². The first-order valence-corrected chi connectivity index (χ1v) is 5.91. The average Bonchev–Trinajstić information content (AvgIpc) is 2.40. The van der Waals surface area contributed by atoms with Crippen molar-refractivity contribution in [2.24, 2.45) is 0 Å². The van der Waals surface area contributed by atoms with Crippen molar-refractivity contribution in [3.8, 4) is 0 Å². The van der Waals surface area contributed by atoms with Crippen LogP contribution in [0.15, 0.2) is 42.9 Å². The van der Waals surface area contributed by atoms with E-state index in [1.165, 1.54) is 0 Å². The summed E-state index contributed by atoms with van der Waals surface area (Å²) < 4.78 is 0. The zero-order valence-electron chi connectivity index (χ0n) is 10.6. The third-order valence-corrected chi connectivity index (χ3v) is 2.79. The van der Waals surface area contributed by atoms with Crippen LogP contribution in [0.25, 0.3) is 0 Å². The minimum Gasteiger partial charge on any atom is -0.389 e. The number of hydrogen-bond acceptors (Lipinski definition) is 4. The average molecular weight is 243 g/mol. The lowest BCUT2D eigenvalue weighted by Crippen LogP contribution is -2.18. The summed E-state index contributed by atoms with van der Waals surface area (Å²) in [6.07, 6.45) is 4.85. The van der Waals surface area contributed by atoms with Gasteiger partial charge in [0.2, 0.25) is 0 Å². The van der Waals surface area contributed by atoms with Crippen LogP contribution in [0.1, 0.15) is 24.2 Å². The van der Waals surface area contributed by atoms with Crippen LogP contribution in [0.2, 0.25) is 0 Å². The molecule has 0 aromatic carbocycles. The molecule has 2 aromatic rings. The van der Waals surface area contributed by atoms with E-state index in [4.69, 9.17) is 0 Å². The minimum atomic E-state index is -0.474. The van der Waals surface area contributed by atoms with Gasteiger partial charge in [0.05, 0.1) is 6.10 Å². The second-order valence-electron chi connectivity index (χ2n) is 4.34. The Morgan fingerprint density at radius 3 is 2.83 bits per heavy atom. The molecular formula is C14H17N3O. The smallest absolute Gasteiger partial charge is 0.128 e. The number of aliphatic hydroxyl groups excluding tert-OH is 1. The predicted molar refractivity (Wildman–Crippen MR) is 71.2 cm³/mol. The van der Waals surface area contributed by atoms with Gasteiger partial charge in [-0.2, -0.15) is 0 Å². The van der Waals surface area contributed by atoms with E-state index in [9.17, 15) is 5.11 Å². The standard InChI is InChI=1S/C14H17N3O/c1-11(18)13-5-7-16-14(8-13)17(2)10-12-4-3-6-15-9-12/h3-9,11,18H,10H2,1-2H3. The number of rotatable bonds is 4. The third kappa shape index (κ3) is 3.05. The summed E-state index contributed by atoms with van der Waals surface area (Å²) in [5.74, 6) is 0.845. The summed E-state index contributed by atoms with van der Waals surface area (Å²) >= 11 is 0. The lowest BCUT2D eigenvalue weighted by Gasteiger charge is -2.19. The van der Waals surface area contributed by atoms with E-state index in [0.717, 1.165) is 23.5 Å². The lowest BCUT2D eigenvalue weighted by molar-refractivity contribution is 0.199. The summed E-state index contributed by atoms with van der Waals surface area (Å²) in [6.45, 7) is 2.49. The molecule has 0 saturated heterocycles. The van der Waals surface area contributed by atoms with E-state index in [1.54, 1.807) is 19.3 Å². The van der Waals surface area contributed by atoms with E-state index in [0.29, 0.717) is 0 Å². The largest absolute Gasteiger partial charge is 0.389 e. The molecule has 0 saturated carbocycles. The van der Waals surface area contributed by atoms with Gasteiger partial charge in [0.15, 0.2) is 0 Å². The van der Waals surface area contributed by atoms with E-state index in [1.807, 2.05) is 42.4 Å². The Labute approximate surface area is 107 Å². The molecule has 2 rings (SSSR count). The van der Waals surface area contributed by atoms with E-state index >= 15 is 0 Å². The van der Waals surface area contributed by atoms with E-state index < -0.39 is 6.10 Å². The Balaban J connectivity index is 2.14. The Kier molecular flexibility index (Phi) is 3.89. The molecule has 0 radical (unpaired) electrons. The second-order valence-corrected chi connectivity index (χ2v) is 4.34. The van der Waals surface area contributed by atoms with Crippen molar-refractivity contribution in [1.29, 1.82) is 0 Å². The van der Waals surface area contributed by atoms with Gasteiger partial charge in [-0.1, -0.05) is 6.07 Å². The number of aliphatic hydroxyl groups is 1. The van der Waals surface area contributed by atoms with Gasteiger partial charge in [-0.3, -0.25) is 4.98 Å². The Bertz CT molecular complexity index is 499. The fourth-order valence-corrected chi connectivity index (χ4v) is 1.75. The van der Waals surface area contributed by atoms with Gasteiger partial charge in [-0.15, -0.1) is 0 Å². The van der Waals surface area contributed by atoms with Gasteiger partial charge < -0.3 is 10.0 Å². The molecule has 4 nitrogen and oxygen atoms in total. The number of aromatic nitrogens is 2. The molecule has 2 heterocycles. The predicted octanol–water partition coefficient (Wildman–Crippen LogP) is 2.17. The van der Waals surface area contributed by atoms with E-state index in [-0.39, 0.29) is 0 Å². The van der Waals surface area contributed by atoms with Crippen LogP contribution < -0.4 is 4.90 Å². The first kappa shape index (κ1) is 12.5. The highest BCUT2D eigenvalue weighted by Crippen LogP contribution is 2.18. The van der Waals surface area contributed by atoms with Gasteiger partial charge in [-0.05, 0) is 36.2 Å². The number of hydrogen-bond donors (Lipinski definition) is 1. The first-order valence-electron chi connectivity index (χ1n) is 5.91. The Morgan fingerprint density at radius 2 is 2.17 bits per heavy atom. The molecule has 0 amide bonds. The molecular weight excluding hydrogens is 226 g/mol. The molecule has 94 valence electrons. The molecule has 0 aliphatic heterocycles. The quantitative estimate of drug-likeness (QED) is 0.894. The van der Waals surface area contributed by atoms with Crippen LogP contribution >= 0.6 is 0 Å². The highest BCUT2D eigenvalue weighted by molar-refractivity contribution is 5.41. The summed E-state index contributed by atoms with van der Waals surface area (Å²) in [5, 5.41) is 9.56. The summed E-state index contributed by atoms with van der Waals surface area (Å²) in [4.78, 5) is 10.4. The molecule has 1 N–H and O–H groups in total. The SMILES string of the molecule is CC(O)c1ccnc(N(C)Cc2cccnc2)c1. The highest BCUT2D eigenvalue weighted by atomic mass is 16.3. The van der Waals surface area contributed by atoms with Crippen molar-refractivity contribution in [1.82, 2.24) is 9.97 Å². The van der Waals surface area contributed by atoms with Gasteiger partial charge in [0.25, 0.3) is 0 Å².